The van der Waals surface area contributed by atoms with Gasteiger partial charge in [0.2, 0.25) is 0 Å². The van der Waals surface area contributed by atoms with Gasteiger partial charge in [0.1, 0.15) is 6.54 Å². The minimum absolute atomic E-state index is 0. The van der Waals surface area contributed by atoms with Crippen LogP contribution >= 0.6 is 0 Å². The molecule has 0 radical (unpaired) electrons. The van der Waals surface area contributed by atoms with Crippen molar-refractivity contribution in [3.63, 3.8) is 0 Å². The summed E-state index contributed by atoms with van der Waals surface area (Å²) in [4.78, 5) is 11.2. The third-order valence-corrected chi connectivity index (χ3v) is 1.58. The number of aliphatic hydroxyl groups is 1. The lowest BCUT2D eigenvalue weighted by Crippen LogP contribution is -3.00. The number of ether oxygens (including phenoxy) is 1. The topological polar surface area (TPSA) is 46.5 Å². The number of hydrogen-bond acceptors (Lipinski definition) is 3. The molecule has 0 rings (SSSR count). The molecule has 0 aromatic heterocycles. The van der Waals surface area contributed by atoms with E-state index in [4.69, 9.17) is 9.84 Å². The number of halogens is 1. The second-order valence-electron chi connectivity index (χ2n) is 4.46. The van der Waals surface area contributed by atoms with Crippen molar-refractivity contribution in [3.8, 4) is 0 Å². The van der Waals surface area contributed by atoms with Crippen LogP contribution < -0.4 is 12.4 Å². The van der Waals surface area contributed by atoms with Crippen LogP contribution in [0.25, 0.3) is 0 Å². The van der Waals surface area contributed by atoms with E-state index in [1.165, 1.54) is 0 Å². The van der Waals surface area contributed by atoms with Crippen molar-refractivity contribution in [2.45, 2.75) is 13.0 Å². The molecule has 0 aromatic rings. The van der Waals surface area contributed by atoms with E-state index in [1.54, 1.807) is 6.92 Å². The molecule has 1 atom stereocenters. The number of carbonyl (C=O) groups is 1. The van der Waals surface area contributed by atoms with Gasteiger partial charge in [-0.3, -0.25) is 0 Å². The summed E-state index contributed by atoms with van der Waals surface area (Å²) >= 11 is 0. The molecular formula is C10H20ClNO3. The van der Waals surface area contributed by atoms with Gasteiger partial charge in [0.25, 0.3) is 0 Å². The van der Waals surface area contributed by atoms with Crippen LogP contribution in [-0.4, -0.2) is 56.0 Å². The minimum Gasteiger partial charge on any atom is -1.00 e. The number of likely N-dealkylation sites (N-methyl/N-ethyl adjacent to an activating group) is 1. The molecule has 0 amide bonds. The Morgan fingerprint density at radius 2 is 1.93 bits per heavy atom. The Kier molecular flexibility index (Phi) is 7.66. The number of rotatable bonds is 5. The van der Waals surface area contributed by atoms with Crippen LogP contribution in [0.2, 0.25) is 0 Å². The molecule has 0 saturated heterocycles. The average molecular weight is 238 g/mol. The van der Waals surface area contributed by atoms with Crippen molar-refractivity contribution >= 4 is 5.97 Å². The lowest BCUT2D eigenvalue weighted by atomic mass is 10.3. The molecule has 0 heterocycles. The standard InChI is InChI=1S/C10H20NO3.ClH/c1-8(2)10(13)14-9(7-12)6-11(3,4)5;/h9,12H,1,6-7H2,2-5H3;1H/q+1;/p-1. The molecule has 1 N–H and O–H groups in total. The predicted molar refractivity (Wildman–Crippen MR) is 54.7 cm³/mol. The van der Waals surface area contributed by atoms with Gasteiger partial charge in [0.15, 0.2) is 6.10 Å². The summed E-state index contributed by atoms with van der Waals surface area (Å²) in [7, 11) is 5.91. The van der Waals surface area contributed by atoms with E-state index in [2.05, 4.69) is 6.58 Å². The highest BCUT2D eigenvalue weighted by molar-refractivity contribution is 5.87. The predicted octanol–water partition coefficient (Wildman–Crippen LogP) is -2.82. The first-order chi connectivity index (χ1) is 6.26. The van der Waals surface area contributed by atoms with Crippen LogP contribution in [0, 0.1) is 0 Å². The minimum atomic E-state index is -0.459. The Morgan fingerprint density at radius 3 is 2.20 bits per heavy atom. The van der Waals surface area contributed by atoms with E-state index in [1.807, 2.05) is 21.1 Å². The fourth-order valence-corrected chi connectivity index (χ4v) is 0.995. The van der Waals surface area contributed by atoms with Crippen LogP contribution in [0.4, 0.5) is 0 Å². The fourth-order valence-electron chi connectivity index (χ4n) is 0.995. The first kappa shape index (κ1) is 16.8. The van der Waals surface area contributed by atoms with Gasteiger partial charge < -0.3 is 26.7 Å². The SMILES string of the molecule is C=C(C)C(=O)OC(CO)C[N+](C)(C)C.[Cl-]. The number of hydrogen-bond donors (Lipinski definition) is 1. The van der Waals surface area contributed by atoms with Gasteiger partial charge in [-0.05, 0) is 6.92 Å². The number of aliphatic hydroxyl groups excluding tert-OH is 1. The van der Waals surface area contributed by atoms with Gasteiger partial charge in [0, 0.05) is 5.57 Å². The lowest BCUT2D eigenvalue weighted by molar-refractivity contribution is -0.873. The molecule has 0 aliphatic carbocycles. The molecule has 0 saturated carbocycles. The van der Waals surface area contributed by atoms with E-state index < -0.39 is 12.1 Å². The van der Waals surface area contributed by atoms with E-state index in [9.17, 15) is 4.79 Å². The summed E-state index contributed by atoms with van der Waals surface area (Å²) in [5, 5.41) is 9.00. The van der Waals surface area contributed by atoms with Crippen molar-refractivity contribution in [3.05, 3.63) is 12.2 Å². The van der Waals surface area contributed by atoms with Gasteiger partial charge in [-0.15, -0.1) is 0 Å². The Balaban J connectivity index is 0. The summed E-state index contributed by atoms with van der Waals surface area (Å²) in [6.07, 6.45) is -0.459. The molecule has 15 heavy (non-hydrogen) atoms. The highest BCUT2D eigenvalue weighted by Crippen LogP contribution is 2.02. The zero-order chi connectivity index (χ0) is 11.4. The van der Waals surface area contributed by atoms with Crippen LogP contribution in [0.15, 0.2) is 12.2 Å². The van der Waals surface area contributed by atoms with Crippen LogP contribution in [-0.2, 0) is 9.53 Å². The van der Waals surface area contributed by atoms with Gasteiger partial charge in [-0.25, -0.2) is 4.79 Å². The van der Waals surface area contributed by atoms with E-state index >= 15 is 0 Å². The average Bonchev–Trinajstić information content (AvgIpc) is 2.00. The molecule has 0 spiro atoms. The fraction of sp³-hybridized carbons (Fsp3) is 0.700. The maximum atomic E-state index is 11.2. The second kappa shape index (κ2) is 6.82. The molecular weight excluding hydrogens is 218 g/mol. The molecule has 4 nitrogen and oxygen atoms in total. The van der Waals surface area contributed by atoms with E-state index in [-0.39, 0.29) is 19.0 Å². The van der Waals surface area contributed by atoms with Gasteiger partial charge in [-0.2, -0.15) is 0 Å². The van der Waals surface area contributed by atoms with Crippen LogP contribution in [0.3, 0.4) is 0 Å². The zero-order valence-electron chi connectivity index (χ0n) is 9.79. The van der Waals surface area contributed by atoms with Crippen molar-refractivity contribution < 1.29 is 31.5 Å². The van der Waals surface area contributed by atoms with Crippen LogP contribution in [0.5, 0.6) is 0 Å². The number of esters is 1. The monoisotopic (exact) mass is 237 g/mol. The quantitative estimate of drug-likeness (QED) is 0.319. The van der Waals surface area contributed by atoms with Crippen LogP contribution in [0.1, 0.15) is 6.92 Å². The highest BCUT2D eigenvalue weighted by atomic mass is 35.5. The largest absolute Gasteiger partial charge is 1.00 e. The van der Waals surface area contributed by atoms with Crippen molar-refractivity contribution in [1.82, 2.24) is 0 Å². The first-order valence-corrected chi connectivity index (χ1v) is 4.54. The summed E-state index contributed by atoms with van der Waals surface area (Å²) < 4.78 is 5.67. The van der Waals surface area contributed by atoms with E-state index in [0.717, 1.165) is 0 Å². The van der Waals surface area contributed by atoms with Crippen molar-refractivity contribution in [2.24, 2.45) is 0 Å². The molecule has 0 bridgehead atoms. The van der Waals surface area contributed by atoms with Gasteiger partial charge in [-0.1, -0.05) is 6.58 Å². The Morgan fingerprint density at radius 1 is 1.47 bits per heavy atom. The van der Waals surface area contributed by atoms with Crippen molar-refractivity contribution in [2.75, 3.05) is 34.3 Å². The molecule has 5 heteroatoms. The number of nitrogens with zero attached hydrogens (tertiary/aromatic N) is 1. The first-order valence-electron chi connectivity index (χ1n) is 4.54. The summed E-state index contributed by atoms with van der Waals surface area (Å²) in [5.41, 5.74) is 0.352. The maximum absolute atomic E-state index is 11.2. The zero-order valence-corrected chi connectivity index (χ0v) is 10.5. The highest BCUT2D eigenvalue weighted by Gasteiger charge is 2.21. The molecule has 0 aliphatic heterocycles. The number of quaternary nitrogens is 1. The molecule has 0 fully saturated rings. The van der Waals surface area contributed by atoms with E-state index in [0.29, 0.717) is 16.6 Å². The Labute approximate surface area is 97.5 Å². The van der Waals surface area contributed by atoms with Crippen molar-refractivity contribution in [1.29, 1.82) is 0 Å². The Hall–Kier alpha value is -0.580. The summed E-state index contributed by atoms with van der Waals surface area (Å²) in [6, 6.07) is 0. The smallest absolute Gasteiger partial charge is 0.333 e. The van der Waals surface area contributed by atoms with Gasteiger partial charge in [0.05, 0.1) is 27.7 Å². The second-order valence-corrected chi connectivity index (χ2v) is 4.46. The Bertz CT molecular complexity index is 223. The summed E-state index contributed by atoms with van der Waals surface area (Å²) in [5.74, 6) is -0.447. The van der Waals surface area contributed by atoms with Gasteiger partial charge >= 0.3 is 5.97 Å². The molecule has 1 unspecified atom stereocenters. The summed E-state index contributed by atoms with van der Waals surface area (Å²) in [6.45, 7) is 5.48. The third-order valence-electron chi connectivity index (χ3n) is 1.58. The lowest BCUT2D eigenvalue weighted by Gasteiger charge is -2.28. The normalized spacial score (nSPS) is 12.6. The molecule has 0 aromatic carbocycles. The molecule has 90 valence electrons. The number of carbonyl (C=O) groups excluding carboxylic acids is 1. The third kappa shape index (κ3) is 8.42. The molecule has 0 aliphatic rings. The maximum Gasteiger partial charge on any atom is 0.333 e.